The minimum Gasteiger partial charge on any atom is -0.480 e. The number of rotatable bonds is 10. The van der Waals surface area contributed by atoms with Crippen molar-refractivity contribution in [3.05, 3.63) is 0 Å². The fraction of sp³-hybridized carbons (Fsp3) is 0.923. The van der Waals surface area contributed by atoms with E-state index in [4.69, 9.17) is 9.84 Å². The van der Waals surface area contributed by atoms with Crippen molar-refractivity contribution in [2.75, 3.05) is 33.3 Å². The molecular weight excluding hydrogens is 232 g/mol. The van der Waals surface area contributed by atoms with Gasteiger partial charge in [0.05, 0.1) is 12.2 Å². The molecule has 0 fully saturated rings. The Morgan fingerprint density at radius 3 is 2.33 bits per heavy atom. The number of ether oxygens (including phenoxy) is 1. The summed E-state index contributed by atoms with van der Waals surface area (Å²) in [6.45, 7) is 11.6. The van der Waals surface area contributed by atoms with Gasteiger partial charge in [0, 0.05) is 13.0 Å². The van der Waals surface area contributed by atoms with Gasteiger partial charge in [0.1, 0.15) is 6.04 Å². The zero-order valence-electron chi connectivity index (χ0n) is 12.3. The summed E-state index contributed by atoms with van der Waals surface area (Å²) in [5, 5.41) is 11.8. The Morgan fingerprint density at radius 2 is 1.94 bits per heavy atom. The second kappa shape index (κ2) is 8.45. The van der Waals surface area contributed by atoms with Gasteiger partial charge in [-0.25, -0.2) is 0 Å². The standard InChI is InChI=1S/C13H28N2O3/c1-6-15(7-2)8-9-18-13(3,4)10-11(14-5)12(16)17/h11,14H,6-10H2,1-5H3,(H,16,17)/t11-/m0/s1. The molecule has 108 valence electrons. The summed E-state index contributed by atoms with van der Waals surface area (Å²) in [5.74, 6) is -0.835. The van der Waals surface area contributed by atoms with Crippen molar-refractivity contribution < 1.29 is 14.6 Å². The molecule has 0 aliphatic rings. The maximum Gasteiger partial charge on any atom is 0.320 e. The van der Waals surface area contributed by atoms with E-state index < -0.39 is 17.6 Å². The number of nitrogens with zero attached hydrogens (tertiary/aromatic N) is 1. The van der Waals surface area contributed by atoms with Crippen LogP contribution in [0, 0.1) is 0 Å². The molecule has 0 aliphatic carbocycles. The molecule has 0 aromatic carbocycles. The van der Waals surface area contributed by atoms with Crippen LogP contribution in [0.1, 0.15) is 34.1 Å². The third-order valence-electron chi connectivity index (χ3n) is 3.14. The number of hydrogen-bond acceptors (Lipinski definition) is 4. The zero-order chi connectivity index (χ0) is 14.2. The molecule has 0 aliphatic heterocycles. The van der Waals surface area contributed by atoms with Crippen LogP contribution in [0.2, 0.25) is 0 Å². The molecule has 0 aromatic heterocycles. The fourth-order valence-corrected chi connectivity index (χ4v) is 1.85. The quantitative estimate of drug-likeness (QED) is 0.618. The van der Waals surface area contributed by atoms with E-state index in [-0.39, 0.29) is 0 Å². The number of likely N-dealkylation sites (N-methyl/N-ethyl adjacent to an activating group) is 2. The molecule has 1 atom stereocenters. The topological polar surface area (TPSA) is 61.8 Å². The molecule has 0 bridgehead atoms. The Hall–Kier alpha value is -0.650. The lowest BCUT2D eigenvalue weighted by Gasteiger charge is -2.29. The van der Waals surface area contributed by atoms with Gasteiger partial charge >= 0.3 is 5.97 Å². The minimum absolute atomic E-state index is 0.431. The maximum atomic E-state index is 11.0. The number of carboxylic acid groups (broad SMARTS) is 1. The number of carboxylic acids is 1. The Kier molecular flexibility index (Phi) is 8.15. The van der Waals surface area contributed by atoms with Gasteiger partial charge in [0.25, 0.3) is 0 Å². The Balaban J connectivity index is 4.10. The van der Waals surface area contributed by atoms with E-state index in [0.29, 0.717) is 13.0 Å². The van der Waals surface area contributed by atoms with Crippen molar-refractivity contribution in [2.45, 2.75) is 45.8 Å². The summed E-state index contributed by atoms with van der Waals surface area (Å²) in [6.07, 6.45) is 0.455. The van der Waals surface area contributed by atoms with Gasteiger partial charge in [-0.1, -0.05) is 13.8 Å². The molecule has 0 radical (unpaired) electrons. The highest BCUT2D eigenvalue weighted by Gasteiger charge is 2.27. The number of nitrogens with one attached hydrogen (secondary N) is 1. The van der Waals surface area contributed by atoms with E-state index in [2.05, 4.69) is 24.1 Å². The predicted molar refractivity (Wildman–Crippen MR) is 72.9 cm³/mol. The average molecular weight is 260 g/mol. The van der Waals surface area contributed by atoms with Gasteiger partial charge in [-0.3, -0.25) is 4.79 Å². The number of hydrogen-bond donors (Lipinski definition) is 2. The summed E-state index contributed by atoms with van der Waals surface area (Å²) in [4.78, 5) is 13.2. The van der Waals surface area contributed by atoms with Gasteiger partial charge in [-0.05, 0) is 34.0 Å². The third kappa shape index (κ3) is 6.93. The smallest absolute Gasteiger partial charge is 0.320 e. The molecule has 0 amide bonds. The van der Waals surface area contributed by atoms with Gasteiger partial charge in [0.15, 0.2) is 0 Å². The van der Waals surface area contributed by atoms with Gasteiger partial charge < -0.3 is 20.1 Å². The second-order valence-electron chi connectivity index (χ2n) is 5.02. The van der Waals surface area contributed by atoms with Crippen molar-refractivity contribution in [1.82, 2.24) is 10.2 Å². The van der Waals surface area contributed by atoms with Crippen LogP contribution >= 0.6 is 0 Å². The van der Waals surface area contributed by atoms with Crippen LogP contribution in [0.4, 0.5) is 0 Å². The molecular formula is C13H28N2O3. The molecule has 0 heterocycles. The summed E-state index contributed by atoms with van der Waals surface area (Å²) < 4.78 is 5.80. The average Bonchev–Trinajstić information content (AvgIpc) is 2.31. The van der Waals surface area contributed by atoms with Crippen LogP contribution in [-0.2, 0) is 9.53 Å². The van der Waals surface area contributed by atoms with Gasteiger partial charge in [-0.2, -0.15) is 0 Å². The van der Waals surface area contributed by atoms with E-state index in [1.54, 1.807) is 7.05 Å². The van der Waals surface area contributed by atoms with E-state index >= 15 is 0 Å². The zero-order valence-corrected chi connectivity index (χ0v) is 12.3. The largest absolute Gasteiger partial charge is 0.480 e. The van der Waals surface area contributed by atoms with Crippen molar-refractivity contribution in [3.8, 4) is 0 Å². The highest BCUT2D eigenvalue weighted by molar-refractivity contribution is 5.73. The lowest BCUT2D eigenvalue weighted by Crippen LogP contribution is -2.42. The van der Waals surface area contributed by atoms with Crippen LogP contribution in [0.25, 0.3) is 0 Å². The number of aliphatic carboxylic acids is 1. The first kappa shape index (κ1) is 17.4. The third-order valence-corrected chi connectivity index (χ3v) is 3.14. The molecule has 5 heteroatoms. The monoisotopic (exact) mass is 260 g/mol. The van der Waals surface area contributed by atoms with Crippen molar-refractivity contribution in [3.63, 3.8) is 0 Å². The second-order valence-corrected chi connectivity index (χ2v) is 5.02. The van der Waals surface area contributed by atoms with Crippen molar-refractivity contribution >= 4 is 5.97 Å². The van der Waals surface area contributed by atoms with Crippen LogP contribution in [0.5, 0.6) is 0 Å². The molecule has 2 N–H and O–H groups in total. The maximum absolute atomic E-state index is 11.0. The van der Waals surface area contributed by atoms with Crippen molar-refractivity contribution in [1.29, 1.82) is 0 Å². The Bertz CT molecular complexity index is 240. The normalized spacial score (nSPS) is 13.9. The summed E-state index contributed by atoms with van der Waals surface area (Å²) >= 11 is 0. The molecule has 0 rings (SSSR count). The summed E-state index contributed by atoms with van der Waals surface area (Å²) in [5.41, 5.74) is -0.431. The Labute approximate surface area is 110 Å². The van der Waals surface area contributed by atoms with Gasteiger partial charge in [0.2, 0.25) is 0 Å². The van der Waals surface area contributed by atoms with E-state index in [1.165, 1.54) is 0 Å². The Morgan fingerprint density at radius 1 is 1.39 bits per heavy atom. The van der Waals surface area contributed by atoms with E-state index in [0.717, 1.165) is 19.6 Å². The van der Waals surface area contributed by atoms with E-state index in [1.807, 2.05) is 13.8 Å². The fourth-order valence-electron chi connectivity index (χ4n) is 1.85. The van der Waals surface area contributed by atoms with E-state index in [9.17, 15) is 4.79 Å². The highest BCUT2D eigenvalue weighted by Crippen LogP contribution is 2.17. The van der Waals surface area contributed by atoms with Crippen LogP contribution in [0.3, 0.4) is 0 Å². The summed E-state index contributed by atoms with van der Waals surface area (Å²) in [6, 6.07) is -0.562. The lowest BCUT2D eigenvalue weighted by molar-refractivity contribution is -0.141. The first-order valence-electron chi connectivity index (χ1n) is 6.62. The highest BCUT2D eigenvalue weighted by atomic mass is 16.5. The first-order valence-corrected chi connectivity index (χ1v) is 6.62. The predicted octanol–water partition coefficient (Wildman–Crippen LogP) is 1.19. The molecule has 0 saturated carbocycles. The number of carbonyl (C=O) groups is 1. The summed E-state index contributed by atoms with van der Waals surface area (Å²) in [7, 11) is 1.66. The van der Waals surface area contributed by atoms with Gasteiger partial charge in [-0.15, -0.1) is 0 Å². The van der Waals surface area contributed by atoms with Crippen LogP contribution < -0.4 is 5.32 Å². The lowest BCUT2D eigenvalue weighted by atomic mass is 9.99. The molecule has 5 nitrogen and oxygen atoms in total. The first-order chi connectivity index (χ1) is 8.36. The van der Waals surface area contributed by atoms with Crippen LogP contribution in [0.15, 0.2) is 0 Å². The molecule has 0 unspecified atom stereocenters. The van der Waals surface area contributed by atoms with Crippen LogP contribution in [-0.4, -0.2) is 60.9 Å². The molecule has 18 heavy (non-hydrogen) atoms. The molecule has 0 saturated heterocycles. The van der Waals surface area contributed by atoms with Crippen molar-refractivity contribution in [2.24, 2.45) is 0 Å². The molecule has 0 aromatic rings. The molecule has 0 spiro atoms. The SMILES string of the molecule is CCN(CC)CCOC(C)(C)C[C@H](NC)C(=O)O. The minimum atomic E-state index is -0.835.